The predicted molar refractivity (Wildman–Crippen MR) is 116 cm³/mol. The van der Waals surface area contributed by atoms with Gasteiger partial charge in [0.15, 0.2) is 5.78 Å². The molecule has 3 aromatic carbocycles. The van der Waals surface area contributed by atoms with Crippen LogP contribution in [-0.2, 0) is 14.3 Å². The van der Waals surface area contributed by atoms with E-state index in [9.17, 15) is 14.4 Å². The first-order valence-electron chi connectivity index (χ1n) is 9.43. The normalized spacial score (nSPS) is 11.6. The van der Waals surface area contributed by atoms with Gasteiger partial charge in [-0.05, 0) is 30.7 Å². The summed E-state index contributed by atoms with van der Waals surface area (Å²) in [6.07, 6.45) is 1.77. The molecule has 5 heteroatoms. The molecule has 0 saturated heterocycles. The molecular formula is C25H21NO4. The fraction of sp³-hybridized carbons (Fsp3) is 0.0800. The fourth-order valence-corrected chi connectivity index (χ4v) is 2.81. The van der Waals surface area contributed by atoms with Gasteiger partial charge in [0.05, 0.1) is 0 Å². The first kappa shape index (κ1) is 20.7. The van der Waals surface area contributed by atoms with Crippen LogP contribution in [0.5, 0.6) is 0 Å². The minimum absolute atomic E-state index is 0.108. The van der Waals surface area contributed by atoms with E-state index in [1.54, 1.807) is 54.6 Å². The zero-order chi connectivity index (χ0) is 21.3. The molecule has 0 unspecified atom stereocenters. The van der Waals surface area contributed by atoms with Crippen LogP contribution in [0.25, 0.3) is 6.08 Å². The van der Waals surface area contributed by atoms with E-state index in [2.05, 4.69) is 5.32 Å². The van der Waals surface area contributed by atoms with Crippen molar-refractivity contribution in [2.24, 2.45) is 0 Å². The summed E-state index contributed by atoms with van der Waals surface area (Å²) >= 11 is 0. The van der Waals surface area contributed by atoms with Crippen LogP contribution in [0.2, 0.25) is 0 Å². The van der Waals surface area contributed by atoms with Crippen LogP contribution in [0.4, 0.5) is 5.69 Å². The molecule has 1 atom stereocenters. The number of carbonyl (C=O) groups excluding carboxylic acids is 3. The number of Topliss-reactive ketones (excluding diaryl/α,β-unsaturated/α-hetero) is 1. The maximum Gasteiger partial charge on any atom is 0.331 e. The number of nitrogens with one attached hydrogen (secondary N) is 1. The van der Waals surface area contributed by atoms with Crippen molar-refractivity contribution in [3.05, 3.63) is 108 Å². The monoisotopic (exact) mass is 399 g/mol. The van der Waals surface area contributed by atoms with E-state index in [0.717, 1.165) is 5.56 Å². The molecule has 5 nitrogen and oxygen atoms in total. The number of benzene rings is 3. The first-order chi connectivity index (χ1) is 14.5. The molecule has 0 fully saturated rings. The molecule has 0 spiro atoms. The number of ether oxygens (including phenoxy) is 1. The minimum Gasteiger partial charge on any atom is -0.444 e. The third kappa shape index (κ3) is 5.75. The second kappa shape index (κ2) is 9.98. The zero-order valence-corrected chi connectivity index (χ0v) is 16.4. The third-order valence-electron chi connectivity index (χ3n) is 4.32. The second-order valence-electron chi connectivity index (χ2n) is 6.60. The highest BCUT2D eigenvalue weighted by Crippen LogP contribution is 2.21. The Bertz CT molecular complexity index is 1060. The SMILES string of the molecule is CC(=O)c1cccc(NC(=O)[C@H](OC(=O)/C=C/c2ccccc2)c2ccccc2)c1. The number of rotatable bonds is 7. The van der Waals surface area contributed by atoms with Crippen molar-refractivity contribution in [2.75, 3.05) is 5.32 Å². The van der Waals surface area contributed by atoms with E-state index < -0.39 is 18.0 Å². The summed E-state index contributed by atoms with van der Waals surface area (Å²) in [6.45, 7) is 1.45. The highest BCUT2D eigenvalue weighted by molar-refractivity contribution is 5.99. The maximum atomic E-state index is 12.9. The standard InChI is InChI=1S/C25H21NO4/c1-18(27)21-13-8-14-22(17-21)26-25(29)24(20-11-6-3-7-12-20)30-23(28)16-15-19-9-4-2-5-10-19/h2-17,24H,1H3,(H,26,29)/b16-15+/t24-/m1/s1. The predicted octanol–water partition coefficient (Wildman–Crippen LogP) is 4.83. The van der Waals surface area contributed by atoms with Crippen LogP contribution in [-0.4, -0.2) is 17.7 Å². The number of hydrogen-bond donors (Lipinski definition) is 1. The molecule has 3 aromatic rings. The quantitative estimate of drug-likeness (QED) is 0.351. The van der Waals surface area contributed by atoms with Crippen molar-refractivity contribution in [3.8, 4) is 0 Å². The van der Waals surface area contributed by atoms with Crippen LogP contribution in [0, 0.1) is 0 Å². The molecule has 150 valence electrons. The van der Waals surface area contributed by atoms with E-state index in [4.69, 9.17) is 4.74 Å². The largest absolute Gasteiger partial charge is 0.444 e. The lowest BCUT2D eigenvalue weighted by Crippen LogP contribution is -2.25. The molecule has 0 aromatic heterocycles. The number of amides is 1. The molecule has 3 rings (SSSR count). The van der Waals surface area contributed by atoms with Gasteiger partial charge in [0.2, 0.25) is 6.10 Å². The summed E-state index contributed by atoms with van der Waals surface area (Å²) in [4.78, 5) is 36.9. The number of hydrogen-bond acceptors (Lipinski definition) is 4. The Kier molecular flexibility index (Phi) is 6.90. The Morgan fingerprint density at radius 3 is 2.20 bits per heavy atom. The van der Waals surface area contributed by atoms with Crippen LogP contribution in [0.3, 0.4) is 0 Å². The smallest absolute Gasteiger partial charge is 0.331 e. The van der Waals surface area contributed by atoms with Gasteiger partial charge in [-0.25, -0.2) is 4.79 Å². The molecule has 0 aliphatic heterocycles. The van der Waals surface area contributed by atoms with Gasteiger partial charge >= 0.3 is 5.97 Å². The van der Waals surface area contributed by atoms with Gasteiger partial charge in [-0.3, -0.25) is 9.59 Å². The van der Waals surface area contributed by atoms with Gasteiger partial charge in [-0.15, -0.1) is 0 Å². The molecule has 0 aliphatic carbocycles. The fourth-order valence-electron chi connectivity index (χ4n) is 2.81. The minimum atomic E-state index is -1.14. The lowest BCUT2D eigenvalue weighted by Gasteiger charge is -2.17. The van der Waals surface area contributed by atoms with E-state index in [-0.39, 0.29) is 5.78 Å². The summed E-state index contributed by atoms with van der Waals surface area (Å²) in [5.41, 5.74) is 2.31. The Morgan fingerprint density at radius 1 is 0.867 bits per heavy atom. The lowest BCUT2D eigenvalue weighted by molar-refractivity contribution is -0.149. The molecule has 0 heterocycles. The van der Waals surface area contributed by atoms with Gasteiger partial charge in [0.1, 0.15) is 0 Å². The van der Waals surface area contributed by atoms with Crippen molar-refractivity contribution in [3.63, 3.8) is 0 Å². The molecular weight excluding hydrogens is 378 g/mol. The number of anilines is 1. The molecule has 0 saturated carbocycles. The number of carbonyl (C=O) groups is 3. The third-order valence-corrected chi connectivity index (χ3v) is 4.32. The molecule has 1 N–H and O–H groups in total. The summed E-state index contributed by atoms with van der Waals surface area (Å²) in [5, 5.41) is 2.72. The average Bonchev–Trinajstić information content (AvgIpc) is 2.77. The summed E-state index contributed by atoms with van der Waals surface area (Å²) in [6, 6.07) is 24.7. The van der Waals surface area contributed by atoms with Crippen LogP contribution in [0.1, 0.15) is 34.5 Å². The molecule has 0 radical (unpaired) electrons. The van der Waals surface area contributed by atoms with Crippen molar-refractivity contribution in [1.29, 1.82) is 0 Å². The maximum absolute atomic E-state index is 12.9. The van der Waals surface area contributed by atoms with E-state index in [0.29, 0.717) is 16.8 Å². The van der Waals surface area contributed by atoms with E-state index >= 15 is 0 Å². The topological polar surface area (TPSA) is 72.5 Å². The summed E-state index contributed by atoms with van der Waals surface area (Å²) < 4.78 is 5.47. The number of esters is 1. The molecule has 0 bridgehead atoms. The summed E-state index contributed by atoms with van der Waals surface area (Å²) in [7, 11) is 0. The Hall–Kier alpha value is -3.99. The Morgan fingerprint density at radius 2 is 1.53 bits per heavy atom. The van der Waals surface area contributed by atoms with E-state index in [1.165, 1.54) is 13.0 Å². The molecule has 0 aliphatic rings. The average molecular weight is 399 g/mol. The van der Waals surface area contributed by atoms with Crippen LogP contribution < -0.4 is 5.32 Å². The second-order valence-corrected chi connectivity index (χ2v) is 6.60. The van der Waals surface area contributed by atoms with Gasteiger partial charge in [0.25, 0.3) is 5.91 Å². The molecule has 1 amide bonds. The van der Waals surface area contributed by atoms with Gasteiger partial charge in [-0.2, -0.15) is 0 Å². The van der Waals surface area contributed by atoms with Gasteiger partial charge < -0.3 is 10.1 Å². The van der Waals surface area contributed by atoms with Crippen molar-refractivity contribution < 1.29 is 19.1 Å². The van der Waals surface area contributed by atoms with E-state index in [1.807, 2.05) is 36.4 Å². The zero-order valence-electron chi connectivity index (χ0n) is 16.4. The van der Waals surface area contributed by atoms with Gasteiger partial charge in [-0.1, -0.05) is 72.8 Å². The van der Waals surface area contributed by atoms with Gasteiger partial charge in [0, 0.05) is 22.9 Å². The highest BCUT2D eigenvalue weighted by atomic mass is 16.5. The first-order valence-corrected chi connectivity index (χ1v) is 9.43. The highest BCUT2D eigenvalue weighted by Gasteiger charge is 2.24. The Balaban J connectivity index is 1.78. The van der Waals surface area contributed by atoms with Crippen molar-refractivity contribution >= 4 is 29.4 Å². The van der Waals surface area contributed by atoms with Crippen molar-refractivity contribution in [2.45, 2.75) is 13.0 Å². The summed E-state index contributed by atoms with van der Waals surface area (Å²) in [5.74, 6) is -1.26. The van der Waals surface area contributed by atoms with Crippen LogP contribution in [0.15, 0.2) is 91.0 Å². The number of ketones is 1. The Labute approximate surface area is 175 Å². The molecule has 30 heavy (non-hydrogen) atoms. The van der Waals surface area contributed by atoms with Crippen molar-refractivity contribution in [1.82, 2.24) is 0 Å². The van der Waals surface area contributed by atoms with Crippen LogP contribution >= 0.6 is 0 Å². The lowest BCUT2D eigenvalue weighted by atomic mass is 10.1.